The van der Waals surface area contributed by atoms with E-state index in [1.54, 1.807) is 23.5 Å². The molecule has 0 aliphatic carbocycles. The first kappa shape index (κ1) is 11.8. The molecule has 0 saturated heterocycles. The average Bonchev–Trinajstić information content (AvgIpc) is 2.81. The van der Waals surface area contributed by atoms with Crippen molar-refractivity contribution in [1.29, 1.82) is 0 Å². The van der Waals surface area contributed by atoms with Crippen LogP contribution in [0.1, 0.15) is 23.4 Å². The fourth-order valence-corrected chi connectivity index (χ4v) is 2.32. The van der Waals surface area contributed by atoms with Crippen molar-refractivity contribution in [2.75, 3.05) is 0 Å². The Hall–Kier alpha value is -1.65. The van der Waals surface area contributed by atoms with E-state index >= 15 is 0 Å². The molecule has 0 saturated carbocycles. The number of rotatable bonds is 3. The van der Waals surface area contributed by atoms with E-state index in [-0.39, 0.29) is 12.0 Å². The molecule has 0 amide bonds. The minimum Gasteiger partial charge on any atom is -0.427 e. The van der Waals surface area contributed by atoms with Gasteiger partial charge in [0.1, 0.15) is 5.75 Å². The zero-order valence-corrected chi connectivity index (χ0v) is 10.2. The van der Waals surface area contributed by atoms with E-state index in [0.717, 1.165) is 10.4 Å². The molecule has 4 heteroatoms. The van der Waals surface area contributed by atoms with Gasteiger partial charge in [0.2, 0.25) is 0 Å². The van der Waals surface area contributed by atoms with E-state index in [1.165, 1.54) is 6.92 Å². The second kappa shape index (κ2) is 5.12. The number of ether oxygens (including phenoxy) is 1. The van der Waals surface area contributed by atoms with Crippen LogP contribution in [0.25, 0.3) is 0 Å². The Morgan fingerprint density at radius 1 is 1.35 bits per heavy atom. The maximum Gasteiger partial charge on any atom is 0.308 e. The van der Waals surface area contributed by atoms with Gasteiger partial charge < -0.3 is 10.5 Å². The molecule has 0 aliphatic rings. The van der Waals surface area contributed by atoms with Crippen LogP contribution < -0.4 is 10.5 Å². The Kier molecular flexibility index (Phi) is 3.56. The summed E-state index contributed by atoms with van der Waals surface area (Å²) >= 11 is 1.61. The van der Waals surface area contributed by atoms with Crippen molar-refractivity contribution in [2.45, 2.75) is 13.0 Å². The van der Waals surface area contributed by atoms with Gasteiger partial charge in [-0.25, -0.2) is 0 Å². The fourth-order valence-electron chi connectivity index (χ4n) is 1.57. The number of hydrogen-bond donors (Lipinski definition) is 1. The average molecular weight is 247 g/mol. The molecule has 3 nitrogen and oxygen atoms in total. The third-order valence-corrected chi connectivity index (χ3v) is 3.28. The van der Waals surface area contributed by atoms with Crippen LogP contribution >= 0.6 is 11.3 Å². The first-order valence-corrected chi connectivity index (χ1v) is 6.12. The quantitative estimate of drug-likeness (QED) is 0.670. The number of hydrogen-bond acceptors (Lipinski definition) is 4. The summed E-state index contributed by atoms with van der Waals surface area (Å²) in [6, 6.07) is 11.1. The molecule has 1 aromatic heterocycles. The lowest BCUT2D eigenvalue weighted by Crippen LogP contribution is -2.10. The number of carbonyl (C=O) groups excluding carboxylic acids is 1. The molecule has 17 heavy (non-hydrogen) atoms. The van der Waals surface area contributed by atoms with Gasteiger partial charge in [-0.05, 0) is 29.1 Å². The Balaban J connectivity index is 2.24. The van der Waals surface area contributed by atoms with E-state index in [4.69, 9.17) is 10.5 Å². The zero-order valence-electron chi connectivity index (χ0n) is 9.42. The van der Waals surface area contributed by atoms with E-state index in [1.807, 2.05) is 29.6 Å². The minimum absolute atomic E-state index is 0.175. The van der Waals surface area contributed by atoms with Crippen LogP contribution in [-0.4, -0.2) is 5.97 Å². The van der Waals surface area contributed by atoms with Crippen molar-refractivity contribution in [1.82, 2.24) is 0 Å². The summed E-state index contributed by atoms with van der Waals surface area (Å²) in [6.45, 7) is 1.38. The normalized spacial score (nSPS) is 12.1. The third-order valence-electron chi connectivity index (χ3n) is 2.33. The molecule has 1 aromatic carbocycles. The monoisotopic (exact) mass is 247 g/mol. The second-order valence-corrected chi connectivity index (χ2v) is 4.64. The third kappa shape index (κ3) is 2.93. The molecule has 0 radical (unpaired) electrons. The van der Waals surface area contributed by atoms with Gasteiger partial charge in [-0.2, -0.15) is 0 Å². The Morgan fingerprint density at radius 3 is 2.82 bits per heavy atom. The van der Waals surface area contributed by atoms with E-state index in [0.29, 0.717) is 5.75 Å². The van der Waals surface area contributed by atoms with Crippen LogP contribution in [0.5, 0.6) is 5.75 Å². The van der Waals surface area contributed by atoms with Crippen molar-refractivity contribution in [3.63, 3.8) is 0 Å². The number of esters is 1. The number of thiophene rings is 1. The predicted molar refractivity (Wildman–Crippen MR) is 68.1 cm³/mol. The van der Waals surface area contributed by atoms with Crippen LogP contribution in [0.15, 0.2) is 41.8 Å². The van der Waals surface area contributed by atoms with Gasteiger partial charge in [-0.15, -0.1) is 11.3 Å². The molecule has 88 valence electrons. The van der Waals surface area contributed by atoms with Crippen LogP contribution in [-0.2, 0) is 4.79 Å². The topological polar surface area (TPSA) is 52.3 Å². The van der Waals surface area contributed by atoms with Crippen molar-refractivity contribution in [3.05, 3.63) is 52.2 Å². The van der Waals surface area contributed by atoms with Crippen LogP contribution in [0.3, 0.4) is 0 Å². The largest absolute Gasteiger partial charge is 0.427 e. The molecule has 0 fully saturated rings. The molecule has 2 aromatic rings. The molecular formula is C13H13NO2S. The summed E-state index contributed by atoms with van der Waals surface area (Å²) in [7, 11) is 0. The van der Waals surface area contributed by atoms with Crippen LogP contribution in [0, 0.1) is 0 Å². The van der Waals surface area contributed by atoms with Gasteiger partial charge in [0.25, 0.3) is 0 Å². The van der Waals surface area contributed by atoms with Crippen molar-refractivity contribution >= 4 is 17.3 Å². The van der Waals surface area contributed by atoms with E-state index in [2.05, 4.69) is 0 Å². The molecule has 2 rings (SSSR count). The zero-order chi connectivity index (χ0) is 12.3. The summed E-state index contributed by atoms with van der Waals surface area (Å²) in [5, 5.41) is 1.99. The standard InChI is InChI=1S/C13H13NO2S/c1-9(15)16-11-5-2-4-10(8-11)13(14)12-6-3-7-17-12/h2-8,13H,14H2,1H3/t13-/m0/s1. The Bertz CT molecular complexity index is 508. The van der Waals surface area contributed by atoms with Crippen LogP contribution in [0.4, 0.5) is 0 Å². The maximum absolute atomic E-state index is 10.9. The van der Waals surface area contributed by atoms with E-state index < -0.39 is 0 Å². The lowest BCUT2D eigenvalue weighted by molar-refractivity contribution is -0.131. The number of carbonyl (C=O) groups is 1. The van der Waals surface area contributed by atoms with Gasteiger partial charge >= 0.3 is 5.97 Å². The molecule has 0 aliphatic heterocycles. The second-order valence-electron chi connectivity index (χ2n) is 3.66. The number of benzene rings is 1. The molecule has 0 bridgehead atoms. The molecular weight excluding hydrogens is 234 g/mol. The summed E-state index contributed by atoms with van der Waals surface area (Å²) in [6.07, 6.45) is 0. The highest BCUT2D eigenvalue weighted by atomic mass is 32.1. The lowest BCUT2D eigenvalue weighted by atomic mass is 10.1. The minimum atomic E-state index is -0.327. The Labute approximate surface area is 104 Å². The number of nitrogens with two attached hydrogens (primary N) is 1. The van der Waals surface area contributed by atoms with Crippen molar-refractivity contribution in [2.24, 2.45) is 5.73 Å². The van der Waals surface area contributed by atoms with Gasteiger partial charge in [-0.3, -0.25) is 4.79 Å². The molecule has 1 heterocycles. The van der Waals surface area contributed by atoms with Gasteiger partial charge in [0.05, 0.1) is 6.04 Å². The first-order chi connectivity index (χ1) is 8.16. The van der Waals surface area contributed by atoms with Gasteiger partial charge in [-0.1, -0.05) is 18.2 Å². The predicted octanol–water partition coefficient (Wildman–Crippen LogP) is 2.72. The Morgan fingerprint density at radius 2 is 2.18 bits per heavy atom. The summed E-state index contributed by atoms with van der Waals surface area (Å²) in [5.41, 5.74) is 7.07. The maximum atomic E-state index is 10.9. The smallest absolute Gasteiger partial charge is 0.308 e. The molecule has 0 spiro atoms. The molecule has 1 atom stereocenters. The van der Waals surface area contributed by atoms with Crippen molar-refractivity contribution in [3.8, 4) is 5.75 Å². The fraction of sp³-hybridized carbons (Fsp3) is 0.154. The van der Waals surface area contributed by atoms with Gasteiger partial charge in [0, 0.05) is 11.8 Å². The summed E-state index contributed by atoms with van der Waals surface area (Å²) in [5.74, 6) is 0.203. The first-order valence-electron chi connectivity index (χ1n) is 5.24. The van der Waals surface area contributed by atoms with Gasteiger partial charge in [0.15, 0.2) is 0 Å². The van der Waals surface area contributed by atoms with Crippen LogP contribution in [0.2, 0.25) is 0 Å². The molecule has 2 N–H and O–H groups in total. The SMILES string of the molecule is CC(=O)Oc1cccc([C@H](N)c2cccs2)c1. The molecule has 0 unspecified atom stereocenters. The highest BCUT2D eigenvalue weighted by molar-refractivity contribution is 7.10. The lowest BCUT2D eigenvalue weighted by Gasteiger charge is -2.11. The van der Waals surface area contributed by atoms with Crippen molar-refractivity contribution < 1.29 is 9.53 Å². The highest BCUT2D eigenvalue weighted by Crippen LogP contribution is 2.26. The highest BCUT2D eigenvalue weighted by Gasteiger charge is 2.10. The van der Waals surface area contributed by atoms with E-state index in [9.17, 15) is 4.79 Å². The summed E-state index contributed by atoms with van der Waals surface area (Å²) in [4.78, 5) is 12.0. The summed E-state index contributed by atoms with van der Waals surface area (Å²) < 4.78 is 5.03.